The summed E-state index contributed by atoms with van der Waals surface area (Å²) in [4.78, 5) is 32.2. The summed E-state index contributed by atoms with van der Waals surface area (Å²) in [5, 5.41) is -0.179. The summed E-state index contributed by atoms with van der Waals surface area (Å²) in [6, 6.07) is 0. The second-order valence-electron chi connectivity index (χ2n) is 10.3. The first-order valence-corrected chi connectivity index (χ1v) is 13.4. The molecule has 35 heavy (non-hydrogen) atoms. The highest BCUT2D eigenvalue weighted by atomic mass is 35.5. The molecule has 0 aromatic rings. The van der Waals surface area contributed by atoms with E-state index in [-0.39, 0.29) is 18.2 Å². The third kappa shape index (κ3) is 6.25. The molecule has 4 aliphatic rings. The normalized spacial score (nSPS) is 29.6. The van der Waals surface area contributed by atoms with Gasteiger partial charge in [0, 0.05) is 31.8 Å². The summed E-state index contributed by atoms with van der Waals surface area (Å²) < 4.78 is 29.6. The Morgan fingerprint density at radius 1 is 1.06 bits per heavy atom. The fraction of sp³-hybridized carbons (Fsp3) is 0.720. The van der Waals surface area contributed by atoms with E-state index in [0.717, 1.165) is 51.6 Å². The molecule has 0 saturated carbocycles. The highest BCUT2D eigenvalue weighted by Gasteiger charge is 2.46. The van der Waals surface area contributed by atoms with Gasteiger partial charge in [-0.05, 0) is 63.2 Å². The molecule has 0 aromatic heterocycles. The van der Waals surface area contributed by atoms with Crippen molar-refractivity contribution in [3.05, 3.63) is 23.8 Å². The smallest absolute Gasteiger partial charge is 0.346 e. The average Bonchev–Trinajstić information content (AvgIpc) is 2.84. The van der Waals surface area contributed by atoms with Crippen LogP contribution < -0.4 is 5.73 Å². The molecule has 6 nitrogen and oxygen atoms in total. The zero-order valence-electron chi connectivity index (χ0n) is 19.9. The molecule has 1 aliphatic carbocycles. The van der Waals surface area contributed by atoms with Crippen molar-refractivity contribution >= 4 is 40.2 Å². The van der Waals surface area contributed by atoms with Gasteiger partial charge in [0.25, 0.3) is 5.91 Å². The van der Waals surface area contributed by atoms with Gasteiger partial charge in [-0.1, -0.05) is 29.8 Å². The lowest BCUT2D eigenvalue weighted by Crippen LogP contribution is -2.48. The van der Waals surface area contributed by atoms with Crippen molar-refractivity contribution in [2.45, 2.75) is 68.8 Å². The Hall–Kier alpha value is -1.51. The molecule has 3 unspecified atom stereocenters. The lowest BCUT2D eigenvalue weighted by atomic mass is 9.82. The lowest BCUT2D eigenvalue weighted by Gasteiger charge is -2.40. The van der Waals surface area contributed by atoms with Crippen LogP contribution in [0.4, 0.5) is 8.78 Å². The van der Waals surface area contributed by atoms with Crippen LogP contribution in [0.5, 0.6) is 0 Å². The molecule has 0 bridgehead atoms. The predicted molar refractivity (Wildman–Crippen MR) is 134 cm³/mol. The van der Waals surface area contributed by atoms with E-state index in [0.29, 0.717) is 36.5 Å². The van der Waals surface area contributed by atoms with Gasteiger partial charge >= 0.3 is 5.92 Å². The van der Waals surface area contributed by atoms with Crippen LogP contribution in [-0.2, 0) is 9.59 Å². The Labute approximate surface area is 215 Å². The number of amides is 2. The second kappa shape index (κ2) is 11.3. The van der Waals surface area contributed by atoms with E-state index < -0.39 is 29.0 Å². The number of carbonyl (C=O) groups is 2. The monoisotopic (exact) mass is 530 g/mol. The first kappa shape index (κ1) is 26.6. The van der Waals surface area contributed by atoms with Crippen molar-refractivity contribution in [1.29, 1.82) is 0 Å². The lowest BCUT2D eigenvalue weighted by molar-refractivity contribution is -0.154. The van der Waals surface area contributed by atoms with E-state index in [4.69, 9.17) is 28.9 Å². The maximum absolute atomic E-state index is 14.8. The topological polar surface area (TPSA) is 79.0 Å². The molecule has 2 saturated heterocycles. The molecule has 0 aromatic carbocycles. The van der Waals surface area contributed by atoms with Gasteiger partial charge in [0.1, 0.15) is 11.3 Å². The van der Waals surface area contributed by atoms with Gasteiger partial charge in [-0.15, -0.1) is 11.6 Å². The SMILES string of the molecule is NC(=O)C1CCC(N2CCC(CC3CCN(C(=O)C(F)(F)C4=CC=CC(Cl)C4)CC3)CC2)N=C1Cl. The number of allylic oxidation sites excluding steroid dienone is 3. The highest BCUT2D eigenvalue weighted by Crippen LogP contribution is 2.36. The summed E-state index contributed by atoms with van der Waals surface area (Å²) in [6.07, 6.45) is 10.6. The summed E-state index contributed by atoms with van der Waals surface area (Å²) in [5.41, 5.74) is 5.19. The molecule has 0 radical (unpaired) electrons. The fourth-order valence-corrected chi connectivity index (χ4v) is 6.37. The van der Waals surface area contributed by atoms with Crippen molar-refractivity contribution in [2.24, 2.45) is 28.5 Å². The Morgan fingerprint density at radius 2 is 1.69 bits per heavy atom. The van der Waals surface area contributed by atoms with Crippen molar-refractivity contribution < 1.29 is 18.4 Å². The van der Waals surface area contributed by atoms with E-state index in [2.05, 4.69) is 9.89 Å². The number of aliphatic imine (C=N–C) groups is 1. The van der Waals surface area contributed by atoms with Crippen LogP contribution in [0.1, 0.15) is 51.4 Å². The van der Waals surface area contributed by atoms with Crippen LogP contribution in [0.15, 0.2) is 28.8 Å². The van der Waals surface area contributed by atoms with E-state index in [9.17, 15) is 18.4 Å². The van der Waals surface area contributed by atoms with Gasteiger partial charge in [-0.3, -0.25) is 19.5 Å². The van der Waals surface area contributed by atoms with Crippen LogP contribution >= 0.6 is 23.2 Å². The molecule has 3 atom stereocenters. The molecule has 194 valence electrons. The minimum atomic E-state index is -3.50. The number of rotatable bonds is 6. The molecule has 2 fully saturated rings. The number of halogens is 4. The quantitative estimate of drug-likeness (QED) is 0.519. The highest BCUT2D eigenvalue weighted by molar-refractivity contribution is 6.67. The maximum atomic E-state index is 14.8. The van der Waals surface area contributed by atoms with Crippen LogP contribution in [-0.4, -0.2) is 70.4 Å². The Morgan fingerprint density at radius 3 is 2.26 bits per heavy atom. The Kier molecular flexibility index (Phi) is 8.54. The van der Waals surface area contributed by atoms with Crippen molar-refractivity contribution in [2.75, 3.05) is 26.2 Å². The zero-order valence-corrected chi connectivity index (χ0v) is 21.4. The summed E-state index contributed by atoms with van der Waals surface area (Å²) in [7, 11) is 0. The molecular weight excluding hydrogens is 497 g/mol. The van der Waals surface area contributed by atoms with E-state index in [1.165, 1.54) is 17.1 Å². The van der Waals surface area contributed by atoms with Crippen LogP contribution in [0.2, 0.25) is 0 Å². The summed E-state index contributed by atoms with van der Waals surface area (Å²) in [5.74, 6) is -4.44. The first-order chi connectivity index (χ1) is 16.6. The Balaban J connectivity index is 1.21. The molecule has 4 rings (SSSR count). The van der Waals surface area contributed by atoms with Gasteiger partial charge in [0.15, 0.2) is 0 Å². The second-order valence-corrected chi connectivity index (χ2v) is 11.2. The van der Waals surface area contributed by atoms with Gasteiger partial charge in [0.05, 0.1) is 11.3 Å². The number of likely N-dealkylation sites (tertiary alicyclic amines) is 2. The number of carbonyl (C=O) groups excluding carboxylic acids is 2. The van der Waals surface area contributed by atoms with Gasteiger partial charge in [-0.2, -0.15) is 8.78 Å². The number of piperidine rings is 2. The number of nitrogens with zero attached hydrogens (tertiary/aromatic N) is 3. The maximum Gasteiger partial charge on any atom is 0.346 e. The van der Waals surface area contributed by atoms with Crippen molar-refractivity contribution in [3.8, 4) is 0 Å². The van der Waals surface area contributed by atoms with E-state index >= 15 is 0 Å². The number of hydrogen-bond donors (Lipinski definition) is 1. The van der Waals surface area contributed by atoms with Crippen LogP contribution in [0, 0.1) is 17.8 Å². The summed E-state index contributed by atoms with van der Waals surface area (Å²) >= 11 is 12.2. The number of nitrogens with two attached hydrogens (primary N) is 1. The predicted octanol–water partition coefficient (Wildman–Crippen LogP) is 4.31. The first-order valence-electron chi connectivity index (χ1n) is 12.6. The molecular formula is C25H34Cl2F2N4O2. The standard InChI is InChI=1S/C25H34Cl2F2N4O2/c26-19-3-1-2-18(15-19)25(28,29)24(35)33-12-8-17(9-13-33)14-16-6-10-32(11-7-16)21-5-4-20(23(30)34)22(27)31-21/h1-3,16-17,19-21H,4-15H2,(H2,30,34). The third-order valence-corrected chi connectivity index (χ3v) is 8.62. The molecule has 2 N–H and O–H groups in total. The largest absolute Gasteiger partial charge is 0.369 e. The van der Waals surface area contributed by atoms with E-state index in [1.807, 2.05) is 0 Å². The van der Waals surface area contributed by atoms with E-state index in [1.54, 1.807) is 6.08 Å². The molecule has 3 heterocycles. The van der Waals surface area contributed by atoms with Gasteiger partial charge in [-0.25, -0.2) is 0 Å². The summed E-state index contributed by atoms with van der Waals surface area (Å²) in [6.45, 7) is 2.61. The third-order valence-electron chi connectivity index (χ3n) is 7.96. The fourth-order valence-electron chi connectivity index (χ4n) is 5.79. The number of alkyl halides is 3. The number of primary amides is 1. The Bertz CT molecular complexity index is 894. The van der Waals surface area contributed by atoms with Gasteiger partial charge < -0.3 is 10.6 Å². The molecule has 3 aliphatic heterocycles. The molecule has 0 spiro atoms. The number of hydrogen-bond acceptors (Lipinski definition) is 4. The zero-order chi connectivity index (χ0) is 25.2. The van der Waals surface area contributed by atoms with Gasteiger partial charge in [0.2, 0.25) is 5.91 Å². The molecule has 2 amide bonds. The molecule has 10 heteroatoms. The van der Waals surface area contributed by atoms with Crippen molar-refractivity contribution in [1.82, 2.24) is 9.80 Å². The minimum Gasteiger partial charge on any atom is -0.369 e. The van der Waals surface area contributed by atoms with Crippen LogP contribution in [0.25, 0.3) is 0 Å². The average molecular weight is 531 g/mol. The van der Waals surface area contributed by atoms with Crippen LogP contribution in [0.3, 0.4) is 0 Å². The minimum absolute atomic E-state index is 0.00391. The van der Waals surface area contributed by atoms with Crippen molar-refractivity contribution in [3.63, 3.8) is 0 Å².